The van der Waals surface area contributed by atoms with Gasteiger partial charge in [0.25, 0.3) is 0 Å². The van der Waals surface area contributed by atoms with Crippen molar-refractivity contribution in [3.8, 4) is 0 Å². The van der Waals surface area contributed by atoms with Crippen LogP contribution in [0.25, 0.3) is 0 Å². The minimum atomic E-state index is -0.444. The summed E-state index contributed by atoms with van der Waals surface area (Å²) in [5.41, 5.74) is -0.700. The van der Waals surface area contributed by atoms with Gasteiger partial charge < -0.3 is 9.84 Å². The highest BCUT2D eigenvalue weighted by Crippen LogP contribution is 2.62. The lowest BCUT2D eigenvalue weighted by atomic mass is 9.67. The number of fused-ring (bicyclic) bond motifs is 1. The van der Waals surface area contributed by atoms with Crippen molar-refractivity contribution < 1.29 is 9.84 Å². The summed E-state index contributed by atoms with van der Waals surface area (Å²) in [7, 11) is 0. The summed E-state index contributed by atoms with van der Waals surface area (Å²) in [6.45, 7) is 8.64. The fourth-order valence-corrected chi connectivity index (χ4v) is 4.79. The Balaban J connectivity index is 1.88. The van der Waals surface area contributed by atoms with Crippen molar-refractivity contribution in [2.75, 3.05) is 0 Å². The first-order valence-electron chi connectivity index (χ1n) is 7.17. The van der Waals surface area contributed by atoms with Crippen LogP contribution in [-0.2, 0) is 4.74 Å². The Morgan fingerprint density at radius 3 is 2.47 bits per heavy atom. The van der Waals surface area contributed by atoms with E-state index in [-0.39, 0.29) is 11.2 Å². The molecule has 0 aromatic heterocycles. The average Bonchev–Trinajstić information content (AvgIpc) is 2.89. The summed E-state index contributed by atoms with van der Waals surface area (Å²) >= 11 is 0. The normalized spacial score (nSPS) is 51.0. The van der Waals surface area contributed by atoms with Crippen LogP contribution < -0.4 is 0 Å². The van der Waals surface area contributed by atoms with E-state index in [1.807, 2.05) is 0 Å². The minimum Gasteiger partial charge on any atom is -0.389 e. The van der Waals surface area contributed by atoms with Crippen LogP contribution in [0.3, 0.4) is 0 Å². The molecule has 0 radical (unpaired) electrons. The molecule has 0 amide bonds. The summed E-state index contributed by atoms with van der Waals surface area (Å²) in [4.78, 5) is 0. The van der Waals surface area contributed by atoms with E-state index in [1.165, 1.54) is 19.3 Å². The maximum atomic E-state index is 11.2. The molecular formula is C15H26O2. The summed E-state index contributed by atoms with van der Waals surface area (Å²) in [5.74, 6) is 1.69. The van der Waals surface area contributed by atoms with Crippen LogP contribution >= 0.6 is 0 Å². The third-order valence-electron chi connectivity index (χ3n) is 5.39. The van der Waals surface area contributed by atoms with Gasteiger partial charge in [0.05, 0.1) is 16.8 Å². The number of ether oxygens (including phenoxy) is 1. The van der Waals surface area contributed by atoms with Crippen LogP contribution in [0.5, 0.6) is 0 Å². The first-order valence-corrected chi connectivity index (χ1v) is 7.17. The minimum absolute atomic E-state index is 0.0776. The summed E-state index contributed by atoms with van der Waals surface area (Å²) in [6.07, 6.45) is 5.78. The second-order valence-electron chi connectivity index (χ2n) is 7.71. The van der Waals surface area contributed by atoms with Gasteiger partial charge in [-0.15, -0.1) is 0 Å². The zero-order valence-corrected chi connectivity index (χ0v) is 11.6. The van der Waals surface area contributed by atoms with Gasteiger partial charge in [0.2, 0.25) is 0 Å². The van der Waals surface area contributed by atoms with Gasteiger partial charge in [0.1, 0.15) is 0 Å². The van der Waals surface area contributed by atoms with Gasteiger partial charge in [-0.2, -0.15) is 0 Å². The zero-order chi connectivity index (χ0) is 12.5. The van der Waals surface area contributed by atoms with Gasteiger partial charge in [-0.25, -0.2) is 0 Å². The van der Waals surface area contributed by atoms with Gasteiger partial charge >= 0.3 is 0 Å². The number of hydrogen-bond acceptors (Lipinski definition) is 2. The van der Waals surface area contributed by atoms with Crippen molar-refractivity contribution in [3.05, 3.63) is 0 Å². The second kappa shape index (κ2) is 3.27. The monoisotopic (exact) mass is 238 g/mol. The van der Waals surface area contributed by atoms with Crippen LogP contribution in [0.15, 0.2) is 0 Å². The van der Waals surface area contributed by atoms with E-state index in [4.69, 9.17) is 4.74 Å². The maximum absolute atomic E-state index is 11.2. The fourth-order valence-electron chi connectivity index (χ4n) is 4.79. The molecule has 1 heterocycles. The lowest BCUT2D eigenvalue weighted by molar-refractivity contribution is -0.130. The van der Waals surface area contributed by atoms with E-state index in [2.05, 4.69) is 27.7 Å². The third kappa shape index (κ3) is 1.76. The highest BCUT2D eigenvalue weighted by atomic mass is 16.5. The van der Waals surface area contributed by atoms with Gasteiger partial charge in [-0.05, 0) is 65.2 Å². The smallest absolute Gasteiger partial charge is 0.0734 e. The number of rotatable bonds is 1. The van der Waals surface area contributed by atoms with Crippen molar-refractivity contribution in [2.24, 2.45) is 17.8 Å². The molecule has 3 fully saturated rings. The first-order chi connectivity index (χ1) is 7.75. The van der Waals surface area contributed by atoms with E-state index >= 15 is 0 Å². The Morgan fingerprint density at radius 1 is 1.18 bits per heavy atom. The van der Waals surface area contributed by atoms with Gasteiger partial charge in [-0.3, -0.25) is 0 Å². The fraction of sp³-hybridized carbons (Fsp3) is 1.00. The molecule has 0 spiro atoms. The predicted octanol–water partition coefficient (Wildman–Crippen LogP) is 3.13. The molecule has 1 aliphatic heterocycles. The third-order valence-corrected chi connectivity index (χ3v) is 5.39. The molecule has 2 heteroatoms. The van der Waals surface area contributed by atoms with Crippen molar-refractivity contribution in [2.45, 2.75) is 76.6 Å². The summed E-state index contributed by atoms with van der Waals surface area (Å²) < 4.78 is 6.17. The second-order valence-corrected chi connectivity index (χ2v) is 7.71. The van der Waals surface area contributed by atoms with Crippen LogP contribution in [0, 0.1) is 17.8 Å². The van der Waals surface area contributed by atoms with Crippen molar-refractivity contribution in [1.82, 2.24) is 0 Å². The maximum Gasteiger partial charge on any atom is 0.0734 e. The molecule has 3 rings (SSSR count). The molecule has 0 bridgehead atoms. The molecule has 3 aliphatic rings. The lowest BCUT2D eigenvalue weighted by Gasteiger charge is -2.42. The van der Waals surface area contributed by atoms with Crippen molar-refractivity contribution in [3.63, 3.8) is 0 Å². The summed E-state index contributed by atoms with van der Waals surface area (Å²) in [6, 6.07) is 0. The van der Waals surface area contributed by atoms with Crippen LogP contribution in [-0.4, -0.2) is 21.9 Å². The van der Waals surface area contributed by atoms with E-state index in [9.17, 15) is 5.11 Å². The Hall–Kier alpha value is -0.0800. The van der Waals surface area contributed by atoms with Crippen LogP contribution in [0.2, 0.25) is 0 Å². The molecule has 4 unspecified atom stereocenters. The molecule has 1 saturated heterocycles. The average molecular weight is 238 g/mol. The largest absolute Gasteiger partial charge is 0.389 e. The predicted molar refractivity (Wildman–Crippen MR) is 67.7 cm³/mol. The topological polar surface area (TPSA) is 29.5 Å². The van der Waals surface area contributed by atoms with E-state index < -0.39 is 5.60 Å². The zero-order valence-electron chi connectivity index (χ0n) is 11.6. The highest BCUT2D eigenvalue weighted by Gasteiger charge is 2.63. The van der Waals surface area contributed by atoms with E-state index in [0.717, 1.165) is 18.8 Å². The number of hydrogen-bond donors (Lipinski definition) is 1. The molecule has 2 saturated carbocycles. The van der Waals surface area contributed by atoms with Gasteiger partial charge in [-0.1, -0.05) is 6.42 Å². The quantitative estimate of drug-likeness (QED) is 0.760. The molecule has 0 aromatic rings. The molecule has 17 heavy (non-hydrogen) atoms. The molecular weight excluding hydrogens is 212 g/mol. The Morgan fingerprint density at radius 2 is 1.88 bits per heavy atom. The van der Waals surface area contributed by atoms with E-state index in [1.54, 1.807) is 0 Å². The molecule has 2 nitrogen and oxygen atoms in total. The number of aliphatic hydroxyl groups is 1. The Bertz CT molecular complexity index is 334. The van der Waals surface area contributed by atoms with Gasteiger partial charge in [0.15, 0.2) is 0 Å². The Kier molecular flexibility index (Phi) is 2.30. The lowest BCUT2D eigenvalue weighted by Crippen LogP contribution is -2.49. The molecule has 2 aliphatic carbocycles. The summed E-state index contributed by atoms with van der Waals surface area (Å²) in [5, 5.41) is 11.2. The first kappa shape index (κ1) is 12.0. The van der Waals surface area contributed by atoms with Gasteiger partial charge in [0, 0.05) is 5.92 Å². The van der Waals surface area contributed by atoms with Crippen molar-refractivity contribution in [1.29, 1.82) is 0 Å². The molecule has 98 valence electrons. The standard InChI is InChI=1S/C15H26O2/c1-13(2)9-12(14(3,4)17-13)15(16)7-5-6-10-8-11(10)15/h10-12,16H,5-9H2,1-4H3. The van der Waals surface area contributed by atoms with Crippen LogP contribution in [0.1, 0.15) is 59.8 Å². The molecule has 0 aromatic carbocycles. The highest BCUT2D eigenvalue weighted by molar-refractivity contribution is 5.13. The Labute approximate surface area is 105 Å². The van der Waals surface area contributed by atoms with Crippen molar-refractivity contribution >= 4 is 0 Å². The SMILES string of the molecule is CC1(C)CC(C2(O)CCCC3CC32)C(C)(C)O1. The van der Waals surface area contributed by atoms with E-state index in [0.29, 0.717) is 11.8 Å². The van der Waals surface area contributed by atoms with Crippen LogP contribution in [0.4, 0.5) is 0 Å². The molecule has 4 atom stereocenters. The molecule has 1 N–H and O–H groups in total.